The molecule has 2 aromatic rings. The van der Waals surface area contributed by atoms with Crippen LogP contribution in [0.25, 0.3) is 10.4 Å². The maximum absolute atomic E-state index is 8.64. The van der Waals surface area contributed by atoms with Crippen molar-refractivity contribution < 1.29 is 0 Å². The van der Waals surface area contributed by atoms with Crippen LogP contribution in [0.5, 0.6) is 0 Å². The van der Waals surface area contributed by atoms with E-state index in [0.717, 1.165) is 0 Å². The summed E-state index contributed by atoms with van der Waals surface area (Å²) in [5, 5.41) is 3.86. The first-order valence-electron chi connectivity index (χ1n) is 5.97. The van der Waals surface area contributed by atoms with Crippen LogP contribution in [-0.2, 0) is 0 Å². The van der Waals surface area contributed by atoms with E-state index in [1.165, 1.54) is 11.1 Å². The van der Waals surface area contributed by atoms with E-state index in [2.05, 4.69) is 34.3 Å². The molecule has 0 saturated carbocycles. The molecule has 0 aromatic heterocycles. The Labute approximate surface area is 107 Å². The topological polar surface area (TPSA) is 48.8 Å². The van der Waals surface area contributed by atoms with Crippen LogP contribution in [-0.4, -0.2) is 6.04 Å². The van der Waals surface area contributed by atoms with Crippen molar-refractivity contribution in [3.8, 4) is 0 Å². The number of azide groups is 1. The first-order chi connectivity index (χ1) is 8.83. The minimum absolute atomic E-state index is 0.100. The summed E-state index contributed by atoms with van der Waals surface area (Å²) in [4.78, 5) is 2.93. The Balaban J connectivity index is 2.44. The van der Waals surface area contributed by atoms with Crippen LogP contribution in [0.4, 0.5) is 0 Å². The summed E-state index contributed by atoms with van der Waals surface area (Å²) >= 11 is 0. The molecule has 0 aliphatic carbocycles. The lowest BCUT2D eigenvalue weighted by Crippen LogP contribution is -2.14. The highest BCUT2D eigenvalue weighted by Gasteiger charge is 2.19. The molecular formula is C15H15N3. The Morgan fingerprint density at radius 3 is 1.72 bits per heavy atom. The fourth-order valence-electron chi connectivity index (χ4n) is 2.22. The summed E-state index contributed by atoms with van der Waals surface area (Å²) in [7, 11) is 0. The van der Waals surface area contributed by atoms with Gasteiger partial charge in [0.1, 0.15) is 0 Å². The molecule has 0 N–H and O–H groups in total. The molecule has 1 unspecified atom stereocenters. The van der Waals surface area contributed by atoms with Crippen molar-refractivity contribution in [2.75, 3.05) is 0 Å². The Kier molecular flexibility index (Phi) is 4.00. The number of hydrogen-bond donors (Lipinski definition) is 0. The van der Waals surface area contributed by atoms with E-state index >= 15 is 0 Å². The molecule has 1 atom stereocenters. The third kappa shape index (κ3) is 2.70. The molecule has 3 nitrogen and oxygen atoms in total. The lowest BCUT2D eigenvalue weighted by atomic mass is 9.86. The number of hydrogen-bond acceptors (Lipinski definition) is 1. The van der Waals surface area contributed by atoms with Gasteiger partial charge in [0, 0.05) is 16.9 Å². The summed E-state index contributed by atoms with van der Waals surface area (Å²) in [5.41, 5.74) is 11.0. The molecule has 18 heavy (non-hydrogen) atoms. The highest BCUT2D eigenvalue weighted by molar-refractivity contribution is 5.34. The molecule has 0 bridgehead atoms. The van der Waals surface area contributed by atoms with Crippen molar-refractivity contribution in [3.63, 3.8) is 0 Å². The van der Waals surface area contributed by atoms with Gasteiger partial charge < -0.3 is 0 Å². The normalized spacial score (nSPS) is 11.9. The van der Waals surface area contributed by atoms with Crippen molar-refractivity contribution in [1.29, 1.82) is 0 Å². The van der Waals surface area contributed by atoms with E-state index in [-0.39, 0.29) is 12.0 Å². The summed E-state index contributed by atoms with van der Waals surface area (Å²) in [6.45, 7) is 1.95. The van der Waals surface area contributed by atoms with Crippen molar-refractivity contribution in [2.24, 2.45) is 5.11 Å². The summed E-state index contributed by atoms with van der Waals surface area (Å²) in [6, 6.07) is 20.2. The molecule has 90 valence electrons. The van der Waals surface area contributed by atoms with Crippen LogP contribution < -0.4 is 0 Å². The molecule has 2 aromatic carbocycles. The maximum atomic E-state index is 8.64. The SMILES string of the molecule is CC(N=[N+]=[N-])C(c1ccccc1)c1ccccc1. The third-order valence-electron chi connectivity index (χ3n) is 3.03. The van der Waals surface area contributed by atoms with Crippen molar-refractivity contribution >= 4 is 0 Å². The fourth-order valence-corrected chi connectivity index (χ4v) is 2.22. The smallest absolute Gasteiger partial charge is 0.0455 e. The molecule has 0 amide bonds. The van der Waals surface area contributed by atoms with Crippen LogP contribution in [0.2, 0.25) is 0 Å². The summed E-state index contributed by atoms with van der Waals surface area (Å²) < 4.78 is 0. The van der Waals surface area contributed by atoms with E-state index < -0.39 is 0 Å². The van der Waals surface area contributed by atoms with Gasteiger partial charge >= 0.3 is 0 Å². The van der Waals surface area contributed by atoms with Crippen LogP contribution in [0, 0.1) is 0 Å². The first kappa shape index (κ1) is 12.2. The van der Waals surface area contributed by atoms with Gasteiger partial charge in [0.15, 0.2) is 0 Å². The lowest BCUT2D eigenvalue weighted by Gasteiger charge is -2.21. The van der Waals surface area contributed by atoms with E-state index in [1.54, 1.807) is 0 Å². The number of benzene rings is 2. The zero-order chi connectivity index (χ0) is 12.8. The monoisotopic (exact) mass is 237 g/mol. The Morgan fingerprint density at radius 1 is 0.889 bits per heavy atom. The Morgan fingerprint density at radius 2 is 1.33 bits per heavy atom. The minimum Gasteiger partial charge on any atom is -0.0899 e. The second kappa shape index (κ2) is 5.89. The van der Waals surface area contributed by atoms with E-state index in [4.69, 9.17) is 5.53 Å². The molecule has 0 aliphatic heterocycles. The Bertz CT molecular complexity index is 491. The second-order valence-corrected chi connectivity index (χ2v) is 4.24. The standard InChI is InChI=1S/C15H15N3/c1-12(17-18-16)15(13-8-4-2-5-9-13)14-10-6-3-7-11-14/h2-12,15H,1H3. The van der Waals surface area contributed by atoms with E-state index in [9.17, 15) is 0 Å². The molecule has 2 rings (SSSR count). The number of rotatable bonds is 4. The zero-order valence-corrected chi connectivity index (χ0v) is 10.3. The van der Waals surface area contributed by atoms with Gasteiger partial charge in [0.25, 0.3) is 0 Å². The lowest BCUT2D eigenvalue weighted by molar-refractivity contribution is 0.641. The van der Waals surface area contributed by atoms with Crippen LogP contribution in [0.3, 0.4) is 0 Å². The van der Waals surface area contributed by atoms with Gasteiger partial charge in [-0.05, 0) is 16.7 Å². The zero-order valence-electron chi connectivity index (χ0n) is 10.3. The van der Waals surface area contributed by atoms with Crippen LogP contribution in [0.15, 0.2) is 65.8 Å². The first-order valence-corrected chi connectivity index (χ1v) is 5.97. The molecule has 0 spiro atoms. The largest absolute Gasteiger partial charge is 0.0899 e. The van der Waals surface area contributed by atoms with Crippen molar-refractivity contribution in [2.45, 2.75) is 18.9 Å². The Hall–Kier alpha value is -2.25. The predicted molar refractivity (Wildman–Crippen MR) is 73.3 cm³/mol. The molecule has 0 radical (unpaired) electrons. The van der Waals surface area contributed by atoms with Crippen LogP contribution in [0.1, 0.15) is 24.0 Å². The van der Waals surface area contributed by atoms with Gasteiger partial charge in [0.2, 0.25) is 0 Å². The summed E-state index contributed by atoms with van der Waals surface area (Å²) in [6.07, 6.45) is 0. The molecular weight excluding hydrogens is 222 g/mol. The van der Waals surface area contributed by atoms with Crippen molar-refractivity contribution in [3.05, 3.63) is 82.2 Å². The third-order valence-corrected chi connectivity index (χ3v) is 3.03. The van der Waals surface area contributed by atoms with Crippen LogP contribution >= 0.6 is 0 Å². The average Bonchev–Trinajstić information content (AvgIpc) is 2.42. The summed E-state index contributed by atoms with van der Waals surface area (Å²) in [5.74, 6) is 0.100. The van der Waals surface area contributed by atoms with Crippen molar-refractivity contribution in [1.82, 2.24) is 0 Å². The van der Waals surface area contributed by atoms with Gasteiger partial charge in [-0.2, -0.15) is 0 Å². The molecule has 0 fully saturated rings. The second-order valence-electron chi connectivity index (χ2n) is 4.24. The molecule has 0 aliphatic rings. The average molecular weight is 237 g/mol. The van der Waals surface area contributed by atoms with E-state index in [0.29, 0.717) is 0 Å². The highest BCUT2D eigenvalue weighted by Crippen LogP contribution is 2.29. The van der Waals surface area contributed by atoms with Gasteiger partial charge in [-0.25, -0.2) is 0 Å². The fraction of sp³-hybridized carbons (Fsp3) is 0.200. The van der Waals surface area contributed by atoms with Gasteiger partial charge in [-0.1, -0.05) is 72.7 Å². The predicted octanol–water partition coefficient (Wildman–Crippen LogP) is 4.52. The molecule has 0 heterocycles. The van der Waals surface area contributed by atoms with E-state index in [1.807, 2.05) is 43.3 Å². The van der Waals surface area contributed by atoms with Gasteiger partial charge in [-0.3, -0.25) is 0 Å². The quantitative estimate of drug-likeness (QED) is 0.426. The minimum atomic E-state index is -0.111. The molecule has 3 heteroatoms. The molecule has 0 saturated heterocycles. The number of nitrogens with zero attached hydrogens (tertiary/aromatic N) is 3. The highest BCUT2D eigenvalue weighted by atomic mass is 15.1. The van der Waals surface area contributed by atoms with Gasteiger partial charge in [-0.15, -0.1) is 0 Å². The maximum Gasteiger partial charge on any atom is 0.0455 e. The van der Waals surface area contributed by atoms with Gasteiger partial charge in [0.05, 0.1) is 0 Å².